The number of carboxylic acid groups (broad SMARTS) is 1. The predicted octanol–water partition coefficient (Wildman–Crippen LogP) is 3.72. The SMILES string of the molecule is CCOc1ccccc1C(C)N(CCCC(=O)O)C(C)C. The summed E-state index contributed by atoms with van der Waals surface area (Å²) >= 11 is 0. The van der Waals surface area contributed by atoms with Gasteiger partial charge in [0.05, 0.1) is 6.61 Å². The van der Waals surface area contributed by atoms with E-state index in [1.165, 1.54) is 0 Å². The topological polar surface area (TPSA) is 49.8 Å². The van der Waals surface area contributed by atoms with E-state index in [9.17, 15) is 4.79 Å². The molecule has 0 aliphatic heterocycles. The van der Waals surface area contributed by atoms with Crippen LogP contribution in [-0.4, -0.2) is 35.2 Å². The molecule has 0 aliphatic rings. The molecule has 118 valence electrons. The maximum absolute atomic E-state index is 10.7. The van der Waals surface area contributed by atoms with Gasteiger partial charge < -0.3 is 9.84 Å². The number of aliphatic carboxylic acids is 1. The van der Waals surface area contributed by atoms with Crippen LogP contribution in [0.4, 0.5) is 0 Å². The summed E-state index contributed by atoms with van der Waals surface area (Å²) in [5.74, 6) is 0.178. The first-order valence-corrected chi connectivity index (χ1v) is 7.66. The first-order chi connectivity index (χ1) is 9.97. The lowest BCUT2D eigenvalue weighted by Crippen LogP contribution is -2.34. The third-order valence-electron chi connectivity index (χ3n) is 3.64. The van der Waals surface area contributed by atoms with E-state index in [1.807, 2.05) is 25.1 Å². The number of para-hydroxylation sites is 1. The summed E-state index contributed by atoms with van der Waals surface area (Å²) in [5, 5.41) is 8.80. The maximum atomic E-state index is 10.7. The van der Waals surface area contributed by atoms with Gasteiger partial charge in [0.1, 0.15) is 5.75 Å². The first kappa shape index (κ1) is 17.5. The molecule has 1 aromatic carbocycles. The van der Waals surface area contributed by atoms with Crippen LogP contribution in [0.2, 0.25) is 0 Å². The Morgan fingerprint density at radius 2 is 1.95 bits per heavy atom. The number of carboxylic acids is 1. The Morgan fingerprint density at radius 1 is 1.29 bits per heavy atom. The van der Waals surface area contributed by atoms with Crippen molar-refractivity contribution in [3.8, 4) is 5.75 Å². The van der Waals surface area contributed by atoms with E-state index in [-0.39, 0.29) is 12.5 Å². The highest BCUT2D eigenvalue weighted by molar-refractivity contribution is 5.66. The van der Waals surface area contributed by atoms with E-state index < -0.39 is 5.97 Å². The fraction of sp³-hybridized carbons (Fsp3) is 0.588. The summed E-state index contributed by atoms with van der Waals surface area (Å²) in [6.07, 6.45) is 0.873. The number of carbonyl (C=O) groups is 1. The molecule has 0 bridgehead atoms. The van der Waals surface area contributed by atoms with Crippen LogP contribution in [0.15, 0.2) is 24.3 Å². The number of hydrogen-bond acceptors (Lipinski definition) is 3. The number of ether oxygens (including phenoxy) is 1. The van der Waals surface area contributed by atoms with Crippen LogP contribution in [0.5, 0.6) is 5.75 Å². The second kappa shape index (κ2) is 8.67. The van der Waals surface area contributed by atoms with Crippen molar-refractivity contribution in [3.63, 3.8) is 0 Å². The third-order valence-corrected chi connectivity index (χ3v) is 3.64. The van der Waals surface area contributed by atoms with Gasteiger partial charge in [0, 0.05) is 24.1 Å². The molecule has 1 unspecified atom stereocenters. The smallest absolute Gasteiger partial charge is 0.303 e. The molecular weight excluding hydrogens is 266 g/mol. The molecule has 0 aliphatic carbocycles. The molecular formula is C17H27NO3. The van der Waals surface area contributed by atoms with Crippen molar-refractivity contribution in [1.82, 2.24) is 4.90 Å². The Hall–Kier alpha value is -1.55. The van der Waals surface area contributed by atoms with Gasteiger partial charge in [-0.15, -0.1) is 0 Å². The minimum absolute atomic E-state index is 0.196. The van der Waals surface area contributed by atoms with E-state index in [0.717, 1.165) is 17.9 Å². The van der Waals surface area contributed by atoms with Crippen molar-refractivity contribution in [1.29, 1.82) is 0 Å². The average molecular weight is 293 g/mol. The van der Waals surface area contributed by atoms with Crippen LogP contribution in [-0.2, 0) is 4.79 Å². The minimum Gasteiger partial charge on any atom is -0.494 e. The van der Waals surface area contributed by atoms with Crippen LogP contribution in [0.1, 0.15) is 52.1 Å². The number of rotatable bonds is 9. The van der Waals surface area contributed by atoms with E-state index in [1.54, 1.807) is 0 Å². The van der Waals surface area contributed by atoms with Crippen molar-refractivity contribution in [3.05, 3.63) is 29.8 Å². The molecule has 0 heterocycles. The van der Waals surface area contributed by atoms with Gasteiger partial charge in [0.2, 0.25) is 0 Å². The van der Waals surface area contributed by atoms with Gasteiger partial charge in [0.25, 0.3) is 0 Å². The minimum atomic E-state index is -0.735. The van der Waals surface area contributed by atoms with Gasteiger partial charge in [-0.2, -0.15) is 0 Å². The average Bonchev–Trinajstić information content (AvgIpc) is 2.43. The van der Waals surface area contributed by atoms with Crippen LogP contribution in [0.3, 0.4) is 0 Å². The third kappa shape index (κ3) is 5.38. The monoisotopic (exact) mass is 293 g/mol. The lowest BCUT2D eigenvalue weighted by Gasteiger charge is -2.33. The Bertz CT molecular complexity index is 445. The fourth-order valence-corrected chi connectivity index (χ4v) is 2.60. The highest BCUT2D eigenvalue weighted by Crippen LogP contribution is 2.30. The molecule has 4 nitrogen and oxygen atoms in total. The van der Waals surface area contributed by atoms with Crippen molar-refractivity contribution in [2.75, 3.05) is 13.2 Å². The number of benzene rings is 1. The molecule has 0 radical (unpaired) electrons. The van der Waals surface area contributed by atoms with Crippen molar-refractivity contribution in [2.24, 2.45) is 0 Å². The molecule has 4 heteroatoms. The van der Waals surface area contributed by atoms with E-state index in [2.05, 4.69) is 31.7 Å². The largest absolute Gasteiger partial charge is 0.494 e. The molecule has 0 saturated heterocycles. The highest BCUT2D eigenvalue weighted by atomic mass is 16.5. The van der Waals surface area contributed by atoms with Gasteiger partial charge in [-0.25, -0.2) is 0 Å². The second-order valence-electron chi connectivity index (χ2n) is 5.48. The summed E-state index contributed by atoms with van der Waals surface area (Å²) in [6, 6.07) is 8.62. The van der Waals surface area contributed by atoms with Crippen molar-refractivity contribution in [2.45, 2.75) is 52.6 Å². The molecule has 1 N–H and O–H groups in total. The van der Waals surface area contributed by atoms with Gasteiger partial charge in [-0.3, -0.25) is 9.69 Å². The summed E-state index contributed by atoms with van der Waals surface area (Å²) in [4.78, 5) is 13.0. The number of hydrogen-bond donors (Lipinski definition) is 1. The number of nitrogens with zero attached hydrogens (tertiary/aromatic N) is 1. The molecule has 21 heavy (non-hydrogen) atoms. The maximum Gasteiger partial charge on any atom is 0.303 e. The van der Waals surface area contributed by atoms with E-state index in [4.69, 9.17) is 9.84 Å². The zero-order valence-electron chi connectivity index (χ0n) is 13.5. The molecule has 1 rings (SSSR count). The summed E-state index contributed by atoms with van der Waals surface area (Å²) < 4.78 is 5.71. The van der Waals surface area contributed by atoms with Crippen LogP contribution in [0.25, 0.3) is 0 Å². The van der Waals surface area contributed by atoms with Crippen molar-refractivity contribution < 1.29 is 14.6 Å². The normalized spacial score (nSPS) is 12.7. The Morgan fingerprint density at radius 3 is 2.52 bits per heavy atom. The Balaban J connectivity index is 2.85. The lowest BCUT2D eigenvalue weighted by atomic mass is 10.0. The summed E-state index contributed by atoms with van der Waals surface area (Å²) in [7, 11) is 0. The van der Waals surface area contributed by atoms with E-state index in [0.29, 0.717) is 19.1 Å². The molecule has 0 fully saturated rings. The summed E-state index contributed by atoms with van der Waals surface area (Å²) in [6.45, 7) is 9.82. The fourth-order valence-electron chi connectivity index (χ4n) is 2.60. The van der Waals surface area contributed by atoms with Crippen LogP contribution >= 0.6 is 0 Å². The first-order valence-electron chi connectivity index (χ1n) is 7.66. The van der Waals surface area contributed by atoms with E-state index >= 15 is 0 Å². The zero-order valence-corrected chi connectivity index (χ0v) is 13.5. The standard InChI is InChI=1S/C17H27NO3/c1-5-21-16-10-7-6-9-15(16)14(4)18(13(2)3)12-8-11-17(19)20/h6-7,9-10,13-14H,5,8,11-12H2,1-4H3,(H,19,20). The quantitative estimate of drug-likeness (QED) is 0.754. The van der Waals surface area contributed by atoms with Gasteiger partial charge in [-0.1, -0.05) is 18.2 Å². The lowest BCUT2D eigenvalue weighted by molar-refractivity contribution is -0.137. The van der Waals surface area contributed by atoms with Crippen molar-refractivity contribution >= 4 is 5.97 Å². The second-order valence-corrected chi connectivity index (χ2v) is 5.48. The van der Waals surface area contributed by atoms with Gasteiger partial charge in [0.15, 0.2) is 0 Å². The molecule has 0 amide bonds. The molecule has 1 atom stereocenters. The van der Waals surface area contributed by atoms with Crippen LogP contribution < -0.4 is 4.74 Å². The van der Waals surface area contributed by atoms with Gasteiger partial charge >= 0.3 is 5.97 Å². The Labute approximate surface area is 127 Å². The summed E-state index contributed by atoms with van der Waals surface area (Å²) in [5.41, 5.74) is 1.16. The van der Waals surface area contributed by atoms with Crippen LogP contribution in [0, 0.1) is 0 Å². The zero-order chi connectivity index (χ0) is 15.8. The Kier molecular flexibility index (Phi) is 7.23. The molecule has 0 spiro atoms. The van der Waals surface area contributed by atoms with Gasteiger partial charge in [-0.05, 0) is 46.7 Å². The molecule has 0 saturated carbocycles. The molecule has 0 aromatic heterocycles. The molecule has 1 aromatic rings. The predicted molar refractivity (Wildman–Crippen MR) is 84.7 cm³/mol. The highest BCUT2D eigenvalue weighted by Gasteiger charge is 2.21.